The number of aryl methyl sites for hydroxylation is 1. The molecule has 0 aromatic carbocycles. The van der Waals surface area contributed by atoms with E-state index in [-0.39, 0.29) is 5.69 Å². The zero-order valence-corrected chi connectivity index (χ0v) is 10.1. The fourth-order valence-corrected chi connectivity index (χ4v) is 1.38. The summed E-state index contributed by atoms with van der Waals surface area (Å²) in [6, 6.07) is 0. The molecule has 0 radical (unpaired) electrons. The Kier molecular flexibility index (Phi) is 3.70. The normalized spacial score (nSPS) is 11.6. The second-order valence-electron chi connectivity index (χ2n) is 4.04. The Morgan fingerprint density at radius 2 is 2.12 bits per heavy atom. The minimum absolute atomic E-state index is 0.242. The molecule has 5 nitrogen and oxygen atoms in total. The number of hydrogen-bond acceptors (Lipinski definition) is 4. The fourth-order valence-electron chi connectivity index (χ4n) is 1.38. The molecular weight excluding hydrogens is 208 g/mol. The van der Waals surface area contributed by atoms with E-state index in [9.17, 15) is 9.90 Å². The van der Waals surface area contributed by atoms with Crippen molar-refractivity contribution in [3.05, 3.63) is 17.2 Å². The summed E-state index contributed by atoms with van der Waals surface area (Å²) in [6.45, 7) is 7.13. The molecule has 0 aliphatic carbocycles. The number of aliphatic hydroxyl groups is 1. The maximum absolute atomic E-state index is 11.6. The minimum atomic E-state index is -1.16. The number of carbonyl (C=O) groups excluding carboxylic acids is 1. The molecule has 0 saturated carbocycles. The minimum Gasteiger partial charge on any atom is -0.461 e. The third-order valence-electron chi connectivity index (χ3n) is 2.15. The van der Waals surface area contributed by atoms with Gasteiger partial charge in [-0.25, -0.2) is 9.78 Å². The lowest BCUT2D eigenvalue weighted by Gasteiger charge is -2.15. The van der Waals surface area contributed by atoms with Crippen molar-refractivity contribution >= 4 is 5.97 Å². The first kappa shape index (κ1) is 12.7. The summed E-state index contributed by atoms with van der Waals surface area (Å²) in [5.41, 5.74) is -0.583. The predicted octanol–water partition coefficient (Wildman–Crippen LogP) is 1.38. The molecule has 90 valence electrons. The number of rotatable bonds is 4. The van der Waals surface area contributed by atoms with Gasteiger partial charge in [0.25, 0.3) is 0 Å². The van der Waals surface area contributed by atoms with Gasteiger partial charge in [0, 0.05) is 6.42 Å². The highest BCUT2D eigenvalue weighted by molar-refractivity contribution is 5.89. The van der Waals surface area contributed by atoms with Gasteiger partial charge in [-0.1, -0.05) is 6.92 Å². The molecule has 0 saturated heterocycles. The molecule has 0 unspecified atom stereocenters. The largest absolute Gasteiger partial charge is 0.461 e. The number of ether oxygens (including phenoxy) is 1. The van der Waals surface area contributed by atoms with Crippen LogP contribution in [0.2, 0.25) is 0 Å². The first-order valence-electron chi connectivity index (χ1n) is 5.39. The Hall–Kier alpha value is -1.36. The lowest BCUT2D eigenvalue weighted by atomic mass is 10.0. The van der Waals surface area contributed by atoms with Crippen LogP contribution in [-0.2, 0) is 16.8 Å². The molecule has 1 aromatic rings. The first-order valence-corrected chi connectivity index (χ1v) is 5.39. The molecule has 1 aromatic heterocycles. The van der Waals surface area contributed by atoms with Crippen LogP contribution >= 0.6 is 0 Å². The summed E-state index contributed by atoms with van der Waals surface area (Å²) in [5.74, 6) is 0.187. The van der Waals surface area contributed by atoms with Crippen LogP contribution in [0, 0.1) is 0 Å². The Morgan fingerprint density at radius 1 is 1.50 bits per heavy atom. The van der Waals surface area contributed by atoms with E-state index < -0.39 is 11.6 Å². The van der Waals surface area contributed by atoms with Crippen LogP contribution in [0.25, 0.3) is 0 Å². The lowest BCUT2D eigenvalue weighted by molar-refractivity contribution is 0.0476. The predicted molar refractivity (Wildman–Crippen MR) is 59.2 cm³/mol. The van der Waals surface area contributed by atoms with Crippen molar-refractivity contribution in [1.82, 2.24) is 9.97 Å². The molecule has 2 N–H and O–H groups in total. The Labute approximate surface area is 94.8 Å². The molecule has 0 fully saturated rings. The van der Waals surface area contributed by atoms with Crippen LogP contribution in [0.15, 0.2) is 0 Å². The summed E-state index contributed by atoms with van der Waals surface area (Å²) in [5, 5.41) is 9.91. The summed E-state index contributed by atoms with van der Waals surface area (Å²) in [7, 11) is 0. The van der Waals surface area contributed by atoms with E-state index in [4.69, 9.17) is 4.74 Å². The second-order valence-corrected chi connectivity index (χ2v) is 4.04. The Morgan fingerprint density at radius 3 is 2.56 bits per heavy atom. The monoisotopic (exact) mass is 226 g/mol. The average Bonchev–Trinajstić information content (AvgIpc) is 2.61. The number of hydrogen-bond donors (Lipinski definition) is 2. The molecule has 1 heterocycles. The van der Waals surface area contributed by atoms with Gasteiger partial charge in [-0.05, 0) is 20.8 Å². The number of esters is 1. The van der Waals surface area contributed by atoms with Crippen LogP contribution in [0.1, 0.15) is 49.7 Å². The summed E-state index contributed by atoms with van der Waals surface area (Å²) < 4.78 is 4.90. The van der Waals surface area contributed by atoms with Crippen molar-refractivity contribution in [2.75, 3.05) is 6.61 Å². The highest BCUT2D eigenvalue weighted by Gasteiger charge is 2.28. The van der Waals surface area contributed by atoms with Gasteiger partial charge in [0.05, 0.1) is 6.61 Å². The van der Waals surface area contributed by atoms with Crippen molar-refractivity contribution < 1.29 is 14.6 Å². The average molecular weight is 226 g/mol. The van der Waals surface area contributed by atoms with Crippen molar-refractivity contribution in [3.63, 3.8) is 0 Å². The third-order valence-corrected chi connectivity index (χ3v) is 2.15. The van der Waals surface area contributed by atoms with Gasteiger partial charge < -0.3 is 14.8 Å². The molecule has 1 rings (SSSR count). The zero-order valence-electron chi connectivity index (χ0n) is 10.1. The van der Waals surface area contributed by atoms with Gasteiger partial charge >= 0.3 is 5.97 Å². The number of H-pyrrole nitrogens is 1. The molecule has 0 atom stereocenters. The fraction of sp³-hybridized carbons (Fsp3) is 0.636. The number of carbonyl (C=O) groups is 1. The van der Waals surface area contributed by atoms with Crippen LogP contribution in [0.4, 0.5) is 0 Å². The van der Waals surface area contributed by atoms with E-state index in [0.29, 0.717) is 24.5 Å². The molecule has 5 heteroatoms. The topological polar surface area (TPSA) is 75.2 Å². The zero-order chi connectivity index (χ0) is 12.3. The molecule has 0 bridgehead atoms. The maximum atomic E-state index is 11.6. The van der Waals surface area contributed by atoms with Gasteiger partial charge in [0.2, 0.25) is 0 Å². The summed E-state index contributed by atoms with van der Waals surface area (Å²) >= 11 is 0. The summed E-state index contributed by atoms with van der Waals surface area (Å²) in [4.78, 5) is 18.7. The number of aromatic nitrogens is 2. The number of nitrogens with zero attached hydrogens (tertiary/aromatic N) is 1. The van der Waals surface area contributed by atoms with Gasteiger partial charge in [-0.15, -0.1) is 0 Å². The van der Waals surface area contributed by atoms with Crippen molar-refractivity contribution in [3.8, 4) is 0 Å². The van der Waals surface area contributed by atoms with Gasteiger partial charge in [-0.2, -0.15) is 0 Å². The van der Waals surface area contributed by atoms with Crippen LogP contribution in [0.5, 0.6) is 0 Å². The summed E-state index contributed by atoms with van der Waals surface area (Å²) in [6.07, 6.45) is 0.669. The smallest absolute Gasteiger partial charge is 0.356 e. The molecule has 0 aliphatic heterocycles. The number of aromatic amines is 1. The number of nitrogens with one attached hydrogen (secondary N) is 1. The first-order chi connectivity index (χ1) is 7.40. The molecule has 0 amide bonds. The van der Waals surface area contributed by atoms with E-state index in [1.54, 1.807) is 20.8 Å². The molecule has 16 heavy (non-hydrogen) atoms. The van der Waals surface area contributed by atoms with Crippen molar-refractivity contribution in [2.24, 2.45) is 0 Å². The Bertz CT molecular complexity index is 377. The van der Waals surface area contributed by atoms with E-state index in [1.165, 1.54) is 0 Å². The van der Waals surface area contributed by atoms with Gasteiger partial charge in [0.15, 0.2) is 5.69 Å². The van der Waals surface area contributed by atoms with Crippen molar-refractivity contribution in [1.29, 1.82) is 0 Å². The Balaban J connectivity index is 3.15. The molecule has 0 aliphatic rings. The lowest BCUT2D eigenvalue weighted by Crippen LogP contribution is -2.21. The van der Waals surface area contributed by atoms with Crippen molar-refractivity contribution in [2.45, 2.75) is 39.7 Å². The standard InChI is InChI=1S/C11H18N2O3/c1-5-7-12-8(10(14)16-6-2)9(13-7)11(3,4)15/h15H,5-6H2,1-4H3,(H,12,13). The quantitative estimate of drug-likeness (QED) is 0.760. The van der Waals surface area contributed by atoms with Crippen LogP contribution in [0.3, 0.4) is 0 Å². The van der Waals surface area contributed by atoms with Crippen LogP contribution in [-0.4, -0.2) is 27.7 Å². The molecular formula is C11H18N2O3. The highest BCUT2D eigenvalue weighted by atomic mass is 16.5. The van der Waals surface area contributed by atoms with Gasteiger partial charge in [0.1, 0.15) is 17.1 Å². The van der Waals surface area contributed by atoms with E-state index in [0.717, 1.165) is 0 Å². The van der Waals surface area contributed by atoms with E-state index in [2.05, 4.69) is 9.97 Å². The second kappa shape index (κ2) is 4.65. The van der Waals surface area contributed by atoms with E-state index >= 15 is 0 Å². The maximum Gasteiger partial charge on any atom is 0.356 e. The van der Waals surface area contributed by atoms with Gasteiger partial charge in [-0.3, -0.25) is 0 Å². The molecule has 0 spiro atoms. The number of imidazole rings is 1. The third kappa shape index (κ3) is 2.61. The SMILES string of the molecule is CCOC(=O)c1[nH]c(CC)nc1C(C)(C)O. The highest BCUT2D eigenvalue weighted by Crippen LogP contribution is 2.22. The van der Waals surface area contributed by atoms with E-state index in [1.807, 2.05) is 6.92 Å². The van der Waals surface area contributed by atoms with Crippen LogP contribution < -0.4 is 0 Å².